The molecule has 0 aliphatic carbocycles. The number of ether oxygens (including phenoxy) is 1. The van der Waals surface area contributed by atoms with Gasteiger partial charge in [0.25, 0.3) is 11.8 Å². The predicted molar refractivity (Wildman–Crippen MR) is 106 cm³/mol. The number of fused-ring (bicyclic) bond motifs is 1. The number of piperidine rings is 1. The van der Waals surface area contributed by atoms with Gasteiger partial charge in [0.15, 0.2) is 5.75 Å². The van der Waals surface area contributed by atoms with Crippen LogP contribution in [0, 0.1) is 5.82 Å². The number of hydrogen-bond donors (Lipinski definition) is 3. The van der Waals surface area contributed by atoms with Gasteiger partial charge in [-0.3, -0.25) is 29.4 Å². The minimum Gasteiger partial charge on any atom is -0.418 e. The summed E-state index contributed by atoms with van der Waals surface area (Å²) in [5, 5.41) is 4.62. The first-order valence-corrected chi connectivity index (χ1v) is 10.3. The number of nitrogens with two attached hydrogens (primary N) is 1. The Balaban J connectivity index is 2.02. The first-order valence-electron chi connectivity index (χ1n) is 10.3. The molecule has 2 aliphatic heterocycles. The van der Waals surface area contributed by atoms with Gasteiger partial charge in [0.05, 0.1) is 16.8 Å². The molecule has 184 valence electrons. The third-order valence-electron chi connectivity index (χ3n) is 5.25. The van der Waals surface area contributed by atoms with Gasteiger partial charge in [-0.05, 0) is 25.8 Å². The summed E-state index contributed by atoms with van der Waals surface area (Å²) in [4.78, 5) is 61.5. The lowest BCUT2D eigenvalue weighted by Gasteiger charge is -2.27. The van der Waals surface area contributed by atoms with Crippen LogP contribution in [-0.4, -0.2) is 59.8 Å². The Labute approximate surface area is 189 Å². The van der Waals surface area contributed by atoms with E-state index in [-0.39, 0.29) is 19.4 Å². The minimum atomic E-state index is -5.41. The summed E-state index contributed by atoms with van der Waals surface area (Å²) in [5.41, 5.74) is 3.46. The number of imide groups is 2. The van der Waals surface area contributed by atoms with Crippen LogP contribution in [0.25, 0.3) is 0 Å². The Morgan fingerprint density at radius 1 is 1.15 bits per heavy atom. The summed E-state index contributed by atoms with van der Waals surface area (Å²) in [6.45, 7) is 0.461. The molecule has 1 saturated heterocycles. The van der Waals surface area contributed by atoms with Crippen molar-refractivity contribution >= 4 is 35.3 Å². The molecule has 4 N–H and O–H groups in total. The van der Waals surface area contributed by atoms with Crippen molar-refractivity contribution in [3.8, 4) is 5.75 Å². The number of unbranched alkanes of at least 4 members (excludes halogenated alkanes) is 2. The molecular formula is C20H20F4N4O6. The zero-order chi connectivity index (χ0) is 25.2. The van der Waals surface area contributed by atoms with Crippen LogP contribution in [-0.2, 0) is 14.4 Å². The Morgan fingerprint density at radius 3 is 2.44 bits per heavy atom. The standard InChI is InChI=1S/C20H20F4N4O6/c21-9-8-11(34-19(33)20(22,23)24)15(26-7-3-1-2-6-25)14-13(9)17(31)28(18(14)32)10-4-5-12(29)27-16(10)30/h8,10,26H,1-7,25H2,(H,27,29,30). The second-order valence-electron chi connectivity index (χ2n) is 7.59. The van der Waals surface area contributed by atoms with Crippen molar-refractivity contribution in [2.45, 2.75) is 44.3 Å². The molecule has 10 nitrogen and oxygen atoms in total. The van der Waals surface area contributed by atoms with Gasteiger partial charge in [0.1, 0.15) is 11.9 Å². The zero-order valence-electron chi connectivity index (χ0n) is 17.6. The summed E-state index contributed by atoms with van der Waals surface area (Å²) < 4.78 is 57.4. The highest BCUT2D eigenvalue weighted by molar-refractivity contribution is 6.26. The number of benzene rings is 1. The Hall–Kier alpha value is -3.55. The van der Waals surface area contributed by atoms with E-state index in [4.69, 9.17) is 5.73 Å². The molecule has 14 heteroatoms. The van der Waals surface area contributed by atoms with Crippen LogP contribution in [0.3, 0.4) is 0 Å². The van der Waals surface area contributed by atoms with Gasteiger partial charge in [-0.25, -0.2) is 9.18 Å². The maximum atomic E-state index is 14.8. The van der Waals surface area contributed by atoms with Gasteiger partial charge >= 0.3 is 12.1 Å². The van der Waals surface area contributed by atoms with Gasteiger partial charge in [-0.2, -0.15) is 13.2 Å². The van der Waals surface area contributed by atoms with E-state index in [0.717, 1.165) is 0 Å². The summed E-state index contributed by atoms with van der Waals surface area (Å²) in [6, 6.07) is -1.04. The third kappa shape index (κ3) is 4.85. The highest BCUT2D eigenvalue weighted by Crippen LogP contribution is 2.40. The van der Waals surface area contributed by atoms with Gasteiger partial charge in [-0.15, -0.1) is 0 Å². The van der Waals surface area contributed by atoms with Gasteiger partial charge in [-0.1, -0.05) is 6.42 Å². The van der Waals surface area contributed by atoms with Gasteiger partial charge < -0.3 is 15.8 Å². The highest BCUT2D eigenvalue weighted by atomic mass is 19.4. The Bertz CT molecular complexity index is 1060. The van der Waals surface area contributed by atoms with Crippen LogP contribution in [0.5, 0.6) is 5.75 Å². The van der Waals surface area contributed by atoms with E-state index < -0.39 is 70.2 Å². The summed E-state index contributed by atoms with van der Waals surface area (Å²) in [6.07, 6.45) is -4.12. The average molecular weight is 488 g/mol. The maximum Gasteiger partial charge on any atom is 0.491 e. The van der Waals surface area contributed by atoms with E-state index >= 15 is 0 Å². The van der Waals surface area contributed by atoms with Crippen molar-refractivity contribution in [3.05, 3.63) is 23.0 Å². The second-order valence-corrected chi connectivity index (χ2v) is 7.59. The van der Waals surface area contributed by atoms with E-state index in [1.54, 1.807) is 0 Å². The van der Waals surface area contributed by atoms with Crippen LogP contribution in [0.1, 0.15) is 52.8 Å². The van der Waals surface area contributed by atoms with Crippen LogP contribution in [0.2, 0.25) is 0 Å². The van der Waals surface area contributed by atoms with Crippen molar-refractivity contribution in [3.63, 3.8) is 0 Å². The predicted octanol–water partition coefficient (Wildman–Crippen LogP) is 1.24. The fourth-order valence-corrected chi connectivity index (χ4v) is 3.67. The smallest absolute Gasteiger partial charge is 0.418 e. The van der Waals surface area contributed by atoms with Crippen molar-refractivity contribution < 1.29 is 46.3 Å². The molecule has 2 heterocycles. The largest absolute Gasteiger partial charge is 0.491 e. The lowest BCUT2D eigenvalue weighted by Crippen LogP contribution is -2.54. The van der Waals surface area contributed by atoms with Crippen LogP contribution < -0.4 is 21.1 Å². The number of nitrogens with zero attached hydrogens (tertiary/aromatic N) is 1. The molecular weight excluding hydrogens is 468 g/mol. The summed E-state index contributed by atoms with van der Waals surface area (Å²) in [5.74, 6) is -8.96. The highest BCUT2D eigenvalue weighted by Gasteiger charge is 2.49. The van der Waals surface area contributed by atoms with Crippen LogP contribution in [0.15, 0.2) is 6.07 Å². The number of hydrogen-bond acceptors (Lipinski definition) is 8. The van der Waals surface area contributed by atoms with Crippen molar-refractivity contribution in [2.24, 2.45) is 5.73 Å². The zero-order valence-corrected chi connectivity index (χ0v) is 17.6. The molecule has 1 unspecified atom stereocenters. The summed E-state index contributed by atoms with van der Waals surface area (Å²) in [7, 11) is 0. The Morgan fingerprint density at radius 2 is 1.82 bits per heavy atom. The van der Waals surface area contributed by atoms with E-state index in [1.165, 1.54) is 0 Å². The fourth-order valence-electron chi connectivity index (χ4n) is 3.67. The number of carbonyl (C=O) groups excluding carboxylic acids is 5. The molecule has 0 saturated carbocycles. The van der Waals surface area contributed by atoms with Crippen molar-refractivity contribution in [1.29, 1.82) is 0 Å². The fraction of sp³-hybridized carbons (Fsp3) is 0.450. The van der Waals surface area contributed by atoms with E-state index in [1.807, 2.05) is 5.32 Å². The van der Waals surface area contributed by atoms with E-state index in [2.05, 4.69) is 10.1 Å². The molecule has 0 radical (unpaired) electrons. The number of anilines is 1. The maximum absolute atomic E-state index is 14.8. The van der Waals surface area contributed by atoms with Crippen molar-refractivity contribution in [1.82, 2.24) is 10.2 Å². The minimum absolute atomic E-state index is 0.0640. The lowest BCUT2D eigenvalue weighted by molar-refractivity contribution is -0.189. The van der Waals surface area contributed by atoms with Crippen LogP contribution in [0.4, 0.5) is 23.2 Å². The number of amides is 4. The normalized spacial score (nSPS) is 18.1. The third-order valence-corrected chi connectivity index (χ3v) is 5.25. The molecule has 1 atom stereocenters. The first kappa shape index (κ1) is 25.1. The molecule has 4 amide bonds. The Kier molecular flexibility index (Phi) is 7.19. The molecule has 2 aliphatic rings. The van der Waals surface area contributed by atoms with Crippen molar-refractivity contribution in [2.75, 3.05) is 18.4 Å². The van der Waals surface area contributed by atoms with Gasteiger partial charge in [0.2, 0.25) is 11.8 Å². The summed E-state index contributed by atoms with van der Waals surface area (Å²) >= 11 is 0. The first-order chi connectivity index (χ1) is 16.0. The topological polar surface area (TPSA) is 148 Å². The average Bonchev–Trinajstić information content (AvgIpc) is 3.00. The van der Waals surface area contributed by atoms with E-state index in [0.29, 0.717) is 36.8 Å². The monoisotopic (exact) mass is 488 g/mol. The second kappa shape index (κ2) is 9.75. The van der Waals surface area contributed by atoms with E-state index in [9.17, 15) is 41.5 Å². The quantitative estimate of drug-likeness (QED) is 0.163. The number of rotatable bonds is 8. The number of esters is 1. The lowest BCUT2D eigenvalue weighted by atomic mass is 10.0. The molecule has 1 fully saturated rings. The molecule has 1 aromatic rings. The van der Waals surface area contributed by atoms with Crippen LogP contribution >= 0.6 is 0 Å². The number of alkyl halides is 3. The van der Waals surface area contributed by atoms with Gasteiger partial charge in [0, 0.05) is 19.0 Å². The molecule has 1 aromatic carbocycles. The molecule has 0 spiro atoms. The molecule has 34 heavy (non-hydrogen) atoms. The number of carbonyl (C=O) groups is 5. The SMILES string of the molecule is NCCCCCNc1c(OC(=O)C(F)(F)F)cc(F)c2c1C(=O)N(C1CCC(=O)NC1=O)C2=O. The number of halogens is 4. The molecule has 0 bridgehead atoms. The molecule has 3 rings (SSSR count). The number of nitrogens with one attached hydrogen (secondary N) is 2. The molecule has 0 aromatic heterocycles.